The molecule has 1 heterocycles. The van der Waals surface area contributed by atoms with Gasteiger partial charge in [-0.05, 0) is 36.6 Å². The van der Waals surface area contributed by atoms with Gasteiger partial charge in [0.25, 0.3) is 5.91 Å². The third-order valence-corrected chi connectivity index (χ3v) is 4.83. The molecule has 5 heteroatoms. The number of hydrogen-bond acceptors (Lipinski definition) is 4. The Morgan fingerprint density at radius 3 is 2.50 bits per heavy atom. The number of nitrogens with zero attached hydrogens (tertiary/aromatic N) is 2. The zero-order chi connectivity index (χ0) is 18.5. The minimum Gasteiger partial charge on any atom is -0.497 e. The van der Waals surface area contributed by atoms with Gasteiger partial charge in [-0.15, -0.1) is 0 Å². The molecule has 26 heavy (non-hydrogen) atoms. The van der Waals surface area contributed by atoms with Gasteiger partial charge in [0.15, 0.2) is 0 Å². The van der Waals surface area contributed by atoms with E-state index in [0.29, 0.717) is 23.6 Å². The summed E-state index contributed by atoms with van der Waals surface area (Å²) in [5.74, 6) is 1.12. The molecular formula is C21H26N2O3. The summed E-state index contributed by atoms with van der Waals surface area (Å²) in [4.78, 5) is 17.1. The second kappa shape index (κ2) is 8.13. The Kier molecular flexibility index (Phi) is 5.66. The summed E-state index contributed by atoms with van der Waals surface area (Å²) in [5.41, 5.74) is 2.93. The number of carbonyl (C=O) groups is 1. The number of rotatable bonds is 6. The van der Waals surface area contributed by atoms with E-state index >= 15 is 0 Å². The van der Waals surface area contributed by atoms with Crippen molar-refractivity contribution in [2.45, 2.75) is 19.4 Å². The Hall–Kier alpha value is -2.69. The van der Waals surface area contributed by atoms with Crippen LogP contribution in [-0.2, 0) is 6.54 Å². The Labute approximate surface area is 155 Å². The van der Waals surface area contributed by atoms with Crippen molar-refractivity contribution >= 4 is 11.6 Å². The minimum absolute atomic E-state index is 0.0688. The van der Waals surface area contributed by atoms with Gasteiger partial charge in [-0.3, -0.25) is 4.79 Å². The number of carbonyl (C=O) groups excluding carboxylic acids is 1. The molecule has 0 atom stereocenters. The standard InChI is InChI=1S/C21H26N2O3/c1-22(21(24)18-11-10-17(25-2)14-20(18)26-3)15-16-8-4-5-9-19(16)23-12-6-7-13-23/h4-5,8-11,14H,6-7,12-13,15H2,1-3H3. The second-order valence-corrected chi connectivity index (χ2v) is 6.55. The molecule has 3 rings (SSSR count). The predicted octanol–water partition coefficient (Wildman–Crippen LogP) is 3.58. The molecule has 5 nitrogen and oxygen atoms in total. The summed E-state index contributed by atoms with van der Waals surface area (Å²) in [6.45, 7) is 2.72. The van der Waals surface area contributed by atoms with E-state index in [9.17, 15) is 4.79 Å². The van der Waals surface area contributed by atoms with Crippen molar-refractivity contribution in [1.82, 2.24) is 4.90 Å². The average molecular weight is 354 g/mol. The molecule has 1 amide bonds. The first-order valence-electron chi connectivity index (χ1n) is 8.94. The van der Waals surface area contributed by atoms with E-state index < -0.39 is 0 Å². The average Bonchev–Trinajstić information content (AvgIpc) is 3.21. The summed E-state index contributed by atoms with van der Waals surface area (Å²) in [6, 6.07) is 13.6. The van der Waals surface area contributed by atoms with Crippen LogP contribution in [-0.4, -0.2) is 45.2 Å². The van der Waals surface area contributed by atoms with Gasteiger partial charge in [0.2, 0.25) is 0 Å². The van der Waals surface area contributed by atoms with Crippen LogP contribution in [0.5, 0.6) is 11.5 Å². The van der Waals surface area contributed by atoms with E-state index in [0.717, 1.165) is 18.7 Å². The third-order valence-electron chi connectivity index (χ3n) is 4.83. The lowest BCUT2D eigenvalue weighted by atomic mass is 10.1. The Balaban J connectivity index is 1.80. The highest BCUT2D eigenvalue weighted by Crippen LogP contribution is 2.28. The molecule has 0 unspecified atom stereocenters. The molecule has 0 N–H and O–H groups in total. The summed E-state index contributed by atoms with van der Waals surface area (Å²) >= 11 is 0. The molecule has 1 aliphatic heterocycles. The van der Waals surface area contributed by atoms with Crippen LogP contribution >= 0.6 is 0 Å². The lowest BCUT2D eigenvalue weighted by Crippen LogP contribution is -2.28. The number of amides is 1. The maximum Gasteiger partial charge on any atom is 0.257 e. The van der Waals surface area contributed by atoms with Crippen molar-refractivity contribution in [2.24, 2.45) is 0 Å². The topological polar surface area (TPSA) is 42.0 Å². The van der Waals surface area contributed by atoms with E-state index in [1.165, 1.54) is 18.5 Å². The van der Waals surface area contributed by atoms with E-state index in [1.807, 2.05) is 13.1 Å². The van der Waals surface area contributed by atoms with Crippen LogP contribution in [0.15, 0.2) is 42.5 Å². The monoisotopic (exact) mass is 354 g/mol. The first-order valence-corrected chi connectivity index (χ1v) is 8.94. The van der Waals surface area contributed by atoms with Crippen LogP contribution in [0.4, 0.5) is 5.69 Å². The van der Waals surface area contributed by atoms with Gasteiger partial charge >= 0.3 is 0 Å². The smallest absolute Gasteiger partial charge is 0.257 e. The zero-order valence-corrected chi connectivity index (χ0v) is 15.7. The highest BCUT2D eigenvalue weighted by atomic mass is 16.5. The predicted molar refractivity (Wildman–Crippen MR) is 103 cm³/mol. The number of benzene rings is 2. The zero-order valence-electron chi connectivity index (χ0n) is 15.7. The molecule has 0 radical (unpaired) electrons. The van der Waals surface area contributed by atoms with Gasteiger partial charge in [0, 0.05) is 38.4 Å². The highest BCUT2D eigenvalue weighted by Gasteiger charge is 2.20. The van der Waals surface area contributed by atoms with Crippen LogP contribution in [0, 0.1) is 0 Å². The van der Waals surface area contributed by atoms with Gasteiger partial charge in [0.05, 0.1) is 19.8 Å². The van der Waals surface area contributed by atoms with Crippen molar-refractivity contribution in [1.29, 1.82) is 0 Å². The largest absolute Gasteiger partial charge is 0.497 e. The van der Waals surface area contributed by atoms with Crippen molar-refractivity contribution in [3.63, 3.8) is 0 Å². The summed E-state index contributed by atoms with van der Waals surface area (Å²) < 4.78 is 10.6. The van der Waals surface area contributed by atoms with E-state index in [2.05, 4.69) is 23.1 Å². The number of anilines is 1. The lowest BCUT2D eigenvalue weighted by Gasteiger charge is -2.25. The lowest BCUT2D eigenvalue weighted by molar-refractivity contribution is 0.0782. The fourth-order valence-corrected chi connectivity index (χ4v) is 3.42. The molecule has 1 saturated heterocycles. The Morgan fingerprint density at radius 1 is 1.08 bits per heavy atom. The molecule has 0 spiro atoms. The number of ether oxygens (including phenoxy) is 2. The van der Waals surface area contributed by atoms with Gasteiger partial charge in [-0.1, -0.05) is 18.2 Å². The minimum atomic E-state index is -0.0688. The van der Waals surface area contributed by atoms with Crippen molar-refractivity contribution in [3.8, 4) is 11.5 Å². The Bertz CT molecular complexity index is 770. The summed E-state index contributed by atoms with van der Waals surface area (Å²) in [7, 11) is 4.98. The van der Waals surface area contributed by atoms with Crippen LogP contribution in [0.25, 0.3) is 0 Å². The van der Waals surface area contributed by atoms with Crippen LogP contribution < -0.4 is 14.4 Å². The molecule has 0 aromatic heterocycles. The first-order chi connectivity index (χ1) is 12.6. The molecule has 1 fully saturated rings. The highest BCUT2D eigenvalue weighted by molar-refractivity contribution is 5.97. The van der Waals surface area contributed by atoms with Gasteiger partial charge < -0.3 is 19.3 Å². The van der Waals surface area contributed by atoms with Gasteiger partial charge in [0.1, 0.15) is 11.5 Å². The molecule has 1 aliphatic rings. The summed E-state index contributed by atoms with van der Waals surface area (Å²) in [5, 5.41) is 0. The molecule has 2 aromatic carbocycles. The third kappa shape index (κ3) is 3.77. The van der Waals surface area contributed by atoms with E-state index in [4.69, 9.17) is 9.47 Å². The van der Waals surface area contributed by atoms with Crippen molar-refractivity contribution in [2.75, 3.05) is 39.3 Å². The maximum absolute atomic E-state index is 13.0. The number of para-hydroxylation sites is 1. The van der Waals surface area contributed by atoms with Crippen LogP contribution in [0.3, 0.4) is 0 Å². The number of hydrogen-bond donors (Lipinski definition) is 0. The SMILES string of the molecule is COc1ccc(C(=O)N(C)Cc2ccccc2N2CCCC2)c(OC)c1. The molecular weight excluding hydrogens is 328 g/mol. The van der Waals surface area contributed by atoms with E-state index in [1.54, 1.807) is 37.3 Å². The first kappa shape index (κ1) is 18.1. The van der Waals surface area contributed by atoms with E-state index in [-0.39, 0.29) is 5.91 Å². The molecule has 0 saturated carbocycles. The van der Waals surface area contributed by atoms with Gasteiger partial charge in [-0.2, -0.15) is 0 Å². The van der Waals surface area contributed by atoms with Crippen molar-refractivity contribution < 1.29 is 14.3 Å². The number of methoxy groups -OCH3 is 2. The van der Waals surface area contributed by atoms with Crippen LogP contribution in [0.2, 0.25) is 0 Å². The molecule has 0 bridgehead atoms. The normalized spacial score (nSPS) is 13.6. The molecule has 138 valence electrons. The maximum atomic E-state index is 13.0. The summed E-state index contributed by atoms with van der Waals surface area (Å²) in [6.07, 6.45) is 2.46. The fraction of sp³-hybridized carbons (Fsp3) is 0.381. The Morgan fingerprint density at radius 2 is 1.81 bits per heavy atom. The van der Waals surface area contributed by atoms with Crippen molar-refractivity contribution in [3.05, 3.63) is 53.6 Å². The molecule has 2 aromatic rings. The van der Waals surface area contributed by atoms with Crippen LogP contribution in [0.1, 0.15) is 28.8 Å². The quantitative estimate of drug-likeness (QED) is 0.795. The fourth-order valence-electron chi connectivity index (χ4n) is 3.42. The molecule has 0 aliphatic carbocycles. The second-order valence-electron chi connectivity index (χ2n) is 6.55. The van der Waals surface area contributed by atoms with Gasteiger partial charge in [-0.25, -0.2) is 0 Å².